The molecule has 0 heterocycles. The molecule has 128 valence electrons. The number of rotatable bonds is 5. The molecule has 0 fully saturated rings. The van der Waals surface area contributed by atoms with E-state index in [1.807, 2.05) is 25.1 Å². The zero-order chi connectivity index (χ0) is 17.9. The Balaban J connectivity index is 2.29. The number of sulfonamides is 1. The second kappa shape index (κ2) is 7.52. The molecule has 2 aromatic rings. The van der Waals surface area contributed by atoms with Crippen molar-refractivity contribution in [3.8, 4) is 0 Å². The van der Waals surface area contributed by atoms with Gasteiger partial charge in [-0.25, -0.2) is 8.42 Å². The molecule has 1 N–H and O–H groups in total. The molecule has 0 bridgehead atoms. The number of nitrogens with zero attached hydrogens (tertiary/aromatic N) is 1. The van der Waals surface area contributed by atoms with Crippen LogP contribution in [0.15, 0.2) is 48.5 Å². The van der Waals surface area contributed by atoms with E-state index in [1.165, 1.54) is 0 Å². The fourth-order valence-electron chi connectivity index (χ4n) is 2.39. The maximum Gasteiger partial charge on any atom is 0.248 e. The summed E-state index contributed by atoms with van der Waals surface area (Å²) in [6.07, 6.45) is 1.10. The average molecular weight is 458 g/mol. The highest BCUT2D eigenvalue weighted by Crippen LogP contribution is 2.22. The first kappa shape index (κ1) is 18.7. The monoisotopic (exact) mass is 458 g/mol. The van der Waals surface area contributed by atoms with E-state index in [2.05, 4.69) is 27.9 Å². The largest absolute Gasteiger partial charge is 0.324 e. The van der Waals surface area contributed by atoms with Crippen LogP contribution in [0.5, 0.6) is 0 Å². The summed E-state index contributed by atoms with van der Waals surface area (Å²) in [5.41, 5.74) is 2.06. The molecule has 0 aliphatic heterocycles. The zero-order valence-corrected chi connectivity index (χ0v) is 16.6. The molecular formula is C17H19IN2O3S. The molecule has 1 amide bonds. The number of hydrogen-bond acceptors (Lipinski definition) is 3. The molecule has 2 rings (SSSR count). The van der Waals surface area contributed by atoms with E-state index in [9.17, 15) is 13.2 Å². The lowest BCUT2D eigenvalue weighted by Gasteiger charge is -2.28. The van der Waals surface area contributed by atoms with Crippen molar-refractivity contribution in [2.75, 3.05) is 15.9 Å². The summed E-state index contributed by atoms with van der Waals surface area (Å²) in [6, 6.07) is 13.4. The van der Waals surface area contributed by atoms with E-state index in [-0.39, 0.29) is 5.91 Å². The number of aryl methyl sites for hydroxylation is 1. The first-order chi connectivity index (χ1) is 11.2. The Morgan fingerprint density at radius 1 is 1.17 bits per heavy atom. The molecule has 1 unspecified atom stereocenters. The van der Waals surface area contributed by atoms with Crippen LogP contribution in [-0.2, 0) is 14.8 Å². The molecule has 2 aromatic carbocycles. The Labute approximate surface area is 156 Å². The Bertz CT molecular complexity index is 838. The third kappa shape index (κ3) is 4.47. The van der Waals surface area contributed by atoms with Crippen molar-refractivity contribution >= 4 is 49.9 Å². The van der Waals surface area contributed by atoms with Crippen molar-refractivity contribution in [2.45, 2.75) is 19.9 Å². The van der Waals surface area contributed by atoms with Gasteiger partial charge in [-0.3, -0.25) is 9.10 Å². The van der Waals surface area contributed by atoms with Gasteiger partial charge in [-0.2, -0.15) is 0 Å². The van der Waals surface area contributed by atoms with Crippen molar-refractivity contribution < 1.29 is 13.2 Å². The molecule has 5 nitrogen and oxygen atoms in total. The number of carbonyl (C=O) groups excluding carboxylic acids is 1. The molecule has 0 aliphatic carbocycles. The fourth-order valence-corrected chi connectivity index (χ4v) is 4.21. The van der Waals surface area contributed by atoms with Crippen LogP contribution in [0.3, 0.4) is 0 Å². The lowest BCUT2D eigenvalue weighted by atomic mass is 10.2. The second-order valence-electron chi connectivity index (χ2n) is 5.52. The molecule has 0 aromatic heterocycles. The van der Waals surface area contributed by atoms with Gasteiger partial charge in [-0.1, -0.05) is 18.2 Å². The van der Waals surface area contributed by atoms with Crippen molar-refractivity contribution in [2.24, 2.45) is 0 Å². The Kier molecular flexibility index (Phi) is 5.87. The molecule has 1 atom stereocenters. The Morgan fingerprint density at radius 3 is 2.33 bits per heavy atom. The molecule has 0 radical (unpaired) electrons. The number of para-hydroxylation sites is 1. The lowest BCUT2D eigenvalue weighted by Crippen LogP contribution is -2.45. The SMILES string of the molecule is Cc1cc(I)ccc1NC(=O)C(C)N(c1ccccc1)S(C)(=O)=O. The third-order valence-corrected chi connectivity index (χ3v) is 5.46. The molecule has 0 saturated heterocycles. The summed E-state index contributed by atoms with van der Waals surface area (Å²) in [4.78, 5) is 12.6. The topological polar surface area (TPSA) is 66.5 Å². The van der Waals surface area contributed by atoms with Crippen LogP contribution >= 0.6 is 22.6 Å². The predicted molar refractivity (Wildman–Crippen MR) is 106 cm³/mol. The van der Waals surface area contributed by atoms with Gasteiger partial charge in [-0.05, 0) is 72.3 Å². The number of hydrogen-bond donors (Lipinski definition) is 1. The summed E-state index contributed by atoms with van der Waals surface area (Å²) in [6.45, 7) is 3.47. The molecule has 7 heteroatoms. The van der Waals surface area contributed by atoms with Gasteiger partial charge in [0.1, 0.15) is 6.04 Å². The molecule has 0 saturated carbocycles. The molecule has 0 spiro atoms. The van der Waals surface area contributed by atoms with Gasteiger partial charge in [-0.15, -0.1) is 0 Å². The van der Waals surface area contributed by atoms with Gasteiger partial charge in [0.05, 0.1) is 11.9 Å². The van der Waals surface area contributed by atoms with E-state index in [4.69, 9.17) is 0 Å². The van der Waals surface area contributed by atoms with Gasteiger partial charge in [0.2, 0.25) is 15.9 Å². The Morgan fingerprint density at radius 2 is 1.79 bits per heavy atom. The number of amides is 1. The van der Waals surface area contributed by atoms with Crippen molar-refractivity contribution in [1.82, 2.24) is 0 Å². The van der Waals surface area contributed by atoms with Gasteiger partial charge in [0.25, 0.3) is 0 Å². The van der Waals surface area contributed by atoms with Crippen LogP contribution in [0.25, 0.3) is 0 Å². The summed E-state index contributed by atoms with van der Waals surface area (Å²) in [5.74, 6) is -0.381. The maximum absolute atomic E-state index is 12.6. The first-order valence-electron chi connectivity index (χ1n) is 7.31. The highest BCUT2D eigenvalue weighted by Gasteiger charge is 2.29. The van der Waals surface area contributed by atoms with Gasteiger partial charge >= 0.3 is 0 Å². The molecular weight excluding hydrogens is 439 g/mol. The normalized spacial score (nSPS) is 12.5. The summed E-state index contributed by atoms with van der Waals surface area (Å²) in [5, 5.41) is 2.81. The van der Waals surface area contributed by atoms with Gasteiger partial charge in [0.15, 0.2) is 0 Å². The van der Waals surface area contributed by atoms with Gasteiger partial charge < -0.3 is 5.32 Å². The molecule has 0 aliphatic rings. The van der Waals surface area contributed by atoms with Crippen molar-refractivity contribution in [3.05, 3.63) is 57.7 Å². The highest BCUT2D eigenvalue weighted by molar-refractivity contribution is 14.1. The number of benzene rings is 2. The van der Waals surface area contributed by atoms with E-state index in [1.54, 1.807) is 37.3 Å². The first-order valence-corrected chi connectivity index (χ1v) is 10.2. The minimum absolute atomic E-state index is 0.381. The van der Waals surface area contributed by atoms with E-state index in [0.717, 1.165) is 19.7 Å². The van der Waals surface area contributed by atoms with E-state index in [0.29, 0.717) is 11.4 Å². The standard InChI is InChI=1S/C17H19IN2O3S/c1-12-11-14(18)9-10-16(12)19-17(21)13(2)20(24(3,22)23)15-7-5-4-6-8-15/h4-11,13H,1-3H3,(H,19,21). The predicted octanol–water partition coefficient (Wildman–Crippen LogP) is 3.39. The van der Waals surface area contributed by atoms with Crippen LogP contribution in [0, 0.1) is 10.5 Å². The van der Waals surface area contributed by atoms with Crippen LogP contribution in [-0.4, -0.2) is 26.6 Å². The van der Waals surface area contributed by atoms with Crippen LogP contribution < -0.4 is 9.62 Å². The smallest absolute Gasteiger partial charge is 0.248 e. The van der Waals surface area contributed by atoms with Gasteiger partial charge in [0, 0.05) is 9.26 Å². The summed E-state index contributed by atoms with van der Waals surface area (Å²) in [7, 11) is -3.60. The quantitative estimate of drug-likeness (QED) is 0.699. The number of anilines is 2. The molecule has 24 heavy (non-hydrogen) atoms. The highest BCUT2D eigenvalue weighted by atomic mass is 127. The van der Waals surface area contributed by atoms with Crippen LogP contribution in [0.1, 0.15) is 12.5 Å². The average Bonchev–Trinajstić information content (AvgIpc) is 2.49. The fraction of sp³-hybridized carbons (Fsp3) is 0.235. The van der Waals surface area contributed by atoms with E-state index < -0.39 is 16.1 Å². The maximum atomic E-state index is 12.6. The van der Waals surface area contributed by atoms with Crippen molar-refractivity contribution in [1.29, 1.82) is 0 Å². The Hall–Kier alpha value is -1.61. The number of nitrogens with one attached hydrogen (secondary N) is 1. The second-order valence-corrected chi connectivity index (χ2v) is 8.62. The van der Waals surface area contributed by atoms with Crippen molar-refractivity contribution in [3.63, 3.8) is 0 Å². The lowest BCUT2D eigenvalue weighted by molar-refractivity contribution is -0.116. The van der Waals surface area contributed by atoms with E-state index >= 15 is 0 Å². The minimum atomic E-state index is -3.60. The minimum Gasteiger partial charge on any atom is -0.324 e. The van der Waals surface area contributed by atoms with Crippen LogP contribution in [0.4, 0.5) is 11.4 Å². The zero-order valence-electron chi connectivity index (χ0n) is 13.7. The number of carbonyl (C=O) groups is 1. The summed E-state index contributed by atoms with van der Waals surface area (Å²) < 4.78 is 26.6. The summed E-state index contributed by atoms with van der Waals surface area (Å²) >= 11 is 2.20. The third-order valence-electron chi connectivity index (χ3n) is 3.55. The van der Waals surface area contributed by atoms with Crippen LogP contribution in [0.2, 0.25) is 0 Å². The number of halogens is 1.